The summed E-state index contributed by atoms with van der Waals surface area (Å²) < 4.78 is 32.1. The predicted octanol–water partition coefficient (Wildman–Crippen LogP) is 3.88. The third kappa shape index (κ3) is 3.71. The molecule has 0 amide bonds. The first-order valence-corrected chi connectivity index (χ1v) is 8.91. The molecular formula is C21H23BFNO3. The fourth-order valence-corrected chi connectivity index (χ4v) is 2.91. The van der Waals surface area contributed by atoms with E-state index >= 15 is 0 Å². The van der Waals surface area contributed by atoms with E-state index in [-0.39, 0.29) is 12.2 Å². The molecule has 27 heavy (non-hydrogen) atoms. The molecule has 6 heteroatoms. The lowest BCUT2D eigenvalue weighted by atomic mass is 9.76. The molecule has 1 saturated heterocycles. The normalized spacial score (nSPS) is 17.6. The van der Waals surface area contributed by atoms with E-state index in [0.717, 1.165) is 11.0 Å². The van der Waals surface area contributed by atoms with E-state index < -0.39 is 24.1 Å². The van der Waals surface area contributed by atoms with Gasteiger partial charge in [-0.25, -0.2) is 4.39 Å². The van der Waals surface area contributed by atoms with E-state index in [0.29, 0.717) is 11.3 Å². The van der Waals surface area contributed by atoms with Crippen LogP contribution in [0, 0.1) is 24.1 Å². The number of ether oxygens (including phenoxy) is 1. The molecule has 1 heterocycles. The van der Waals surface area contributed by atoms with E-state index in [2.05, 4.69) is 0 Å². The molecule has 1 fully saturated rings. The van der Waals surface area contributed by atoms with Gasteiger partial charge in [0.15, 0.2) is 0 Å². The van der Waals surface area contributed by atoms with Crippen LogP contribution in [0.2, 0.25) is 0 Å². The molecule has 1 aliphatic rings. The van der Waals surface area contributed by atoms with Crippen LogP contribution in [0.1, 0.15) is 44.4 Å². The van der Waals surface area contributed by atoms with Crippen LogP contribution < -0.4 is 10.2 Å². The molecule has 0 saturated carbocycles. The highest BCUT2D eigenvalue weighted by Gasteiger charge is 2.52. The van der Waals surface area contributed by atoms with Gasteiger partial charge in [-0.2, -0.15) is 5.26 Å². The summed E-state index contributed by atoms with van der Waals surface area (Å²) in [5.41, 5.74) is 1.48. The average Bonchev–Trinajstić information content (AvgIpc) is 2.81. The maximum atomic E-state index is 14.1. The minimum Gasteiger partial charge on any atom is -0.489 e. The first-order valence-electron chi connectivity index (χ1n) is 8.91. The highest BCUT2D eigenvalue weighted by molar-refractivity contribution is 6.62. The SMILES string of the molecule is Cc1cc(OCc2cccc(C#N)c2F)ccc1B1OC(C)(C)C(C)(C)O1. The number of nitriles is 1. The molecule has 0 unspecified atom stereocenters. The van der Waals surface area contributed by atoms with E-state index in [1.807, 2.05) is 58.9 Å². The van der Waals surface area contributed by atoms with Crippen molar-refractivity contribution in [1.82, 2.24) is 0 Å². The highest BCUT2D eigenvalue weighted by atomic mass is 19.1. The van der Waals surface area contributed by atoms with Gasteiger partial charge in [-0.05, 0) is 63.8 Å². The van der Waals surface area contributed by atoms with Gasteiger partial charge in [-0.1, -0.05) is 18.2 Å². The van der Waals surface area contributed by atoms with E-state index in [9.17, 15) is 4.39 Å². The number of hydrogen-bond acceptors (Lipinski definition) is 4. The lowest BCUT2D eigenvalue weighted by Crippen LogP contribution is -2.41. The fraction of sp³-hybridized carbons (Fsp3) is 0.381. The summed E-state index contributed by atoms with van der Waals surface area (Å²) >= 11 is 0. The maximum Gasteiger partial charge on any atom is 0.495 e. The van der Waals surface area contributed by atoms with Gasteiger partial charge < -0.3 is 14.0 Å². The van der Waals surface area contributed by atoms with Crippen molar-refractivity contribution < 1.29 is 18.4 Å². The molecule has 3 rings (SSSR count). The third-order valence-electron chi connectivity index (χ3n) is 5.34. The Morgan fingerprint density at radius 1 is 1.11 bits per heavy atom. The van der Waals surface area contributed by atoms with Gasteiger partial charge in [0, 0.05) is 5.56 Å². The van der Waals surface area contributed by atoms with Crippen LogP contribution in [0.25, 0.3) is 0 Å². The topological polar surface area (TPSA) is 51.5 Å². The third-order valence-corrected chi connectivity index (χ3v) is 5.34. The minimum absolute atomic E-state index is 0.0170. The molecule has 0 spiro atoms. The second-order valence-electron chi connectivity index (χ2n) is 7.79. The number of rotatable bonds is 4. The Hall–Kier alpha value is -2.36. The smallest absolute Gasteiger partial charge is 0.489 e. The molecule has 0 bridgehead atoms. The zero-order chi connectivity index (χ0) is 19.8. The van der Waals surface area contributed by atoms with E-state index in [1.54, 1.807) is 12.1 Å². The molecule has 0 atom stereocenters. The van der Waals surface area contributed by atoms with Gasteiger partial charge in [0.1, 0.15) is 24.2 Å². The standard InChI is InChI=1S/C21H23BFNO3/c1-14-11-17(25-13-16-8-6-7-15(12-24)19(16)23)9-10-18(14)22-26-20(2,3)21(4,5)27-22/h6-11H,13H2,1-5H3. The molecule has 140 valence electrons. The van der Waals surface area contributed by atoms with Crippen molar-refractivity contribution in [2.45, 2.75) is 52.4 Å². The van der Waals surface area contributed by atoms with Crippen molar-refractivity contribution in [2.24, 2.45) is 0 Å². The lowest BCUT2D eigenvalue weighted by Gasteiger charge is -2.32. The van der Waals surface area contributed by atoms with Crippen molar-refractivity contribution in [3.63, 3.8) is 0 Å². The van der Waals surface area contributed by atoms with Crippen molar-refractivity contribution in [1.29, 1.82) is 5.26 Å². The second-order valence-corrected chi connectivity index (χ2v) is 7.79. The van der Waals surface area contributed by atoms with Gasteiger partial charge in [-0.3, -0.25) is 0 Å². The van der Waals surface area contributed by atoms with Gasteiger partial charge in [-0.15, -0.1) is 0 Å². The molecule has 2 aromatic rings. The van der Waals surface area contributed by atoms with Gasteiger partial charge in [0.05, 0.1) is 16.8 Å². The van der Waals surface area contributed by atoms with Gasteiger partial charge in [0.2, 0.25) is 0 Å². The molecule has 1 aliphatic heterocycles. The largest absolute Gasteiger partial charge is 0.495 e. The zero-order valence-electron chi connectivity index (χ0n) is 16.3. The minimum atomic E-state index is -0.537. The number of benzene rings is 2. The quantitative estimate of drug-likeness (QED) is 0.770. The lowest BCUT2D eigenvalue weighted by molar-refractivity contribution is 0.00578. The van der Waals surface area contributed by atoms with Crippen LogP contribution in [-0.2, 0) is 15.9 Å². The highest BCUT2D eigenvalue weighted by Crippen LogP contribution is 2.36. The Labute approximate surface area is 160 Å². The van der Waals surface area contributed by atoms with Crippen molar-refractivity contribution in [3.8, 4) is 11.8 Å². The van der Waals surface area contributed by atoms with Crippen molar-refractivity contribution in [3.05, 3.63) is 58.9 Å². The Balaban J connectivity index is 1.74. The van der Waals surface area contributed by atoms with Crippen LogP contribution >= 0.6 is 0 Å². The predicted molar refractivity (Wildman–Crippen MR) is 102 cm³/mol. The summed E-state index contributed by atoms with van der Waals surface area (Å²) in [6, 6.07) is 12.2. The summed E-state index contributed by atoms with van der Waals surface area (Å²) in [4.78, 5) is 0. The number of aryl methyl sites for hydroxylation is 1. The Morgan fingerprint density at radius 3 is 2.37 bits per heavy atom. The zero-order valence-corrected chi connectivity index (χ0v) is 16.3. The van der Waals surface area contributed by atoms with Crippen molar-refractivity contribution >= 4 is 12.6 Å². The molecule has 0 radical (unpaired) electrons. The van der Waals surface area contributed by atoms with E-state index in [4.69, 9.17) is 19.3 Å². The van der Waals surface area contributed by atoms with Crippen molar-refractivity contribution in [2.75, 3.05) is 0 Å². The first kappa shape index (κ1) is 19.4. The first-order chi connectivity index (χ1) is 12.6. The molecular weight excluding hydrogens is 344 g/mol. The number of halogens is 1. The number of hydrogen-bond donors (Lipinski definition) is 0. The summed E-state index contributed by atoms with van der Waals surface area (Å²) in [7, 11) is -0.436. The van der Waals surface area contributed by atoms with Crippen LogP contribution in [-0.4, -0.2) is 18.3 Å². The van der Waals surface area contributed by atoms with Gasteiger partial charge in [0.25, 0.3) is 0 Å². The Bertz CT molecular complexity index is 889. The summed E-state index contributed by atoms with van der Waals surface area (Å²) in [5, 5.41) is 8.92. The molecule has 0 N–H and O–H groups in total. The molecule has 0 aliphatic carbocycles. The van der Waals surface area contributed by atoms with Gasteiger partial charge >= 0.3 is 7.12 Å². The summed E-state index contributed by atoms with van der Waals surface area (Å²) in [5.74, 6) is 0.0834. The molecule has 2 aromatic carbocycles. The Kier molecular flexibility index (Phi) is 5.03. The Morgan fingerprint density at radius 2 is 1.78 bits per heavy atom. The average molecular weight is 367 g/mol. The van der Waals surface area contributed by atoms with Crippen LogP contribution in [0.15, 0.2) is 36.4 Å². The van der Waals surface area contributed by atoms with Crippen LogP contribution in [0.3, 0.4) is 0 Å². The number of nitrogens with zero attached hydrogens (tertiary/aromatic N) is 1. The van der Waals surface area contributed by atoms with Crippen LogP contribution in [0.4, 0.5) is 4.39 Å². The molecule has 0 aromatic heterocycles. The summed E-state index contributed by atoms with van der Waals surface area (Å²) in [6.45, 7) is 10.1. The molecule has 4 nitrogen and oxygen atoms in total. The summed E-state index contributed by atoms with van der Waals surface area (Å²) in [6.07, 6.45) is 0. The van der Waals surface area contributed by atoms with Crippen LogP contribution in [0.5, 0.6) is 5.75 Å². The van der Waals surface area contributed by atoms with E-state index in [1.165, 1.54) is 6.07 Å². The maximum absolute atomic E-state index is 14.1. The monoisotopic (exact) mass is 367 g/mol. The second kappa shape index (κ2) is 6.99. The fourth-order valence-electron chi connectivity index (χ4n) is 2.91.